The van der Waals surface area contributed by atoms with Crippen molar-refractivity contribution in [2.45, 2.75) is 51.9 Å². The lowest BCUT2D eigenvalue weighted by molar-refractivity contribution is -0.118. The van der Waals surface area contributed by atoms with Gasteiger partial charge < -0.3 is 9.15 Å². The number of carbonyl (C=O) groups excluding carboxylic acids is 1. The van der Waals surface area contributed by atoms with Crippen molar-refractivity contribution < 1.29 is 13.9 Å². The Morgan fingerprint density at radius 3 is 2.31 bits per heavy atom. The van der Waals surface area contributed by atoms with Crippen LogP contribution >= 0.6 is 0 Å². The number of pyridine rings is 1. The fraction of sp³-hybridized carbons (Fsp3) is 0.375. The average molecular weight is 392 g/mol. The van der Waals surface area contributed by atoms with Gasteiger partial charge in [0.1, 0.15) is 5.78 Å². The van der Waals surface area contributed by atoms with E-state index in [-0.39, 0.29) is 0 Å². The molecule has 0 saturated carbocycles. The van der Waals surface area contributed by atoms with Crippen molar-refractivity contribution in [2.75, 3.05) is 7.11 Å². The van der Waals surface area contributed by atoms with E-state index in [1.807, 2.05) is 31.2 Å². The normalized spacial score (nSPS) is 10.8. The summed E-state index contributed by atoms with van der Waals surface area (Å²) in [4.78, 5) is 20.0. The number of methoxy groups -OCH3 is 1. The van der Waals surface area contributed by atoms with Crippen LogP contribution in [0.1, 0.15) is 51.3 Å². The number of aromatic nitrogens is 2. The second-order valence-electron chi connectivity index (χ2n) is 7.09. The zero-order chi connectivity index (χ0) is 20.5. The second kappa shape index (κ2) is 10.6. The van der Waals surface area contributed by atoms with Crippen LogP contribution in [-0.2, 0) is 11.2 Å². The minimum Gasteiger partial charge on any atom is -0.481 e. The van der Waals surface area contributed by atoms with Crippen molar-refractivity contribution in [3.8, 4) is 28.3 Å². The lowest BCUT2D eigenvalue weighted by Crippen LogP contribution is -1.94. The summed E-state index contributed by atoms with van der Waals surface area (Å²) in [6, 6.07) is 12.0. The summed E-state index contributed by atoms with van der Waals surface area (Å²) in [5.41, 5.74) is 3.13. The maximum absolute atomic E-state index is 11.3. The molecule has 1 aromatic carbocycles. The van der Waals surface area contributed by atoms with Crippen LogP contribution in [0.15, 0.2) is 53.2 Å². The van der Waals surface area contributed by atoms with Gasteiger partial charge in [0.2, 0.25) is 5.88 Å². The number of hydrogen-bond acceptors (Lipinski definition) is 5. The van der Waals surface area contributed by atoms with E-state index in [1.165, 1.54) is 0 Å². The van der Waals surface area contributed by atoms with E-state index >= 15 is 0 Å². The summed E-state index contributed by atoms with van der Waals surface area (Å²) in [5, 5.41) is 0. The van der Waals surface area contributed by atoms with Crippen LogP contribution in [0, 0.1) is 0 Å². The number of hydrogen-bond donors (Lipinski definition) is 0. The van der Waals surface area contributed by atoms with Crippen molar-refractivity contribution in [1.82, 2.24) is 9.97 Å². The molecular weight excluding hydrogens is 364 g/mol. The summed E-state index contributed by atoms with van der Waals surface area (Å²) in [7, 11) is 1.61. The van der Waals surface area contributed by atoms with Crippen molar-refractivity contribution in [1.29, 1.82) is 0 Å². The Morgan fingerprint density at radius 2 is 1.62 bits per heavy atom. The summed E-state index contributed by atoms with van der Waals surface area (Å²) < 4.78 is 11.0. The Hall–Kier alpha value is -2.95. The third kappa shape index (κ3) is 6.01. The molecule has 5 nitrogen and oxygen atoms in total. The number of oxazole rings is 1. The van der Waals surface area contributed by atoms with Crippen molar-refractivity contribution in [2.24, 2.45) is 0 Å². The molecule has 0 bridgehead atoms. The number of nitrogens with zero attached hydrogens (tertiary/aromatic N) is 2. The molecule has 2 aromatic heterocycles. The van der Waals surface area contributed by atoms with E-state index < -0.39 is 0 Å². The molecule has 0 unspecified atom stereocenters. The van der Waals surface area contributed by atoms with Gasteiger partial charge in [-0.2, -0.15) is 0 Å². The molecule has 0 aliphatic rings. The molecule has 3 rings (SSSR count). The zero-order valence-corrected chi connectivity index (χ0v) is 17.2. The third-order valence-electron chi connectivity index (χ3n) is 4.99. The first kappa shape index (κ1) is 20.8. The summed E-state index contributed by atoms with van der Waals surface area (Å²) in [6.45, 7) is 1.92. The van der Waals surface area contributed by atoms with Gasteiger partial charge in [-0.25, -0.2) is 9.97 Å². The van der Waals surface area contributed by atoms with Crippen LogP contribution < -0.4 is 4.74 Å². The lowest BCUT2D eigenvalue weighted by atomic mass is 10.1. The highest BCUT2D eigenvalue weighted by molar-refractivity contribution is 5.77. The van der Waals surface area contributed by atoms with Gasteiger partial charge in [0, 0.05) is 42.7 Å². The summed E-state index contributed by atoms with van der Waals surface area (Å²) >= 11 is 0. The highest BCUT2D eigenvalue weighted by atomic mass is 16.5. The molecule has 3 aromatic rings. The van der Waals surface area contributed by atoms with Gasteiger partial charge >= 0.3 is 0 Å². The molecule has 0 spiro atoms. The first-order valence-electron chi connectivity index (χ1n) is 10.3. The topological polar surface area (TPSA) is 65.2 Å². The van der Waals surface area contributed by atoms with E-state index in [9.17, 15) is 4.79 Å². The van der Waals surface area contributed by atoms with Crippen LogP contribution in [0.2, 0.25) is 0 Å². The molecule has 0 N–H and O–H groups in total. The second-order valence-corrected chi connectivity index (χ2v) is 7.09. The van der Waals surface area contributed by atoms with Crippen LogP contribution in [0.25, 0.3) is 22.5 Å². The number of ketones is 1. The minimum atomic E-state index is 0.358. The molecule has 0 amide bonds. The Morgan fingerprint density at radius 1 is 0.897 bits per heavy atom. The summed E-state index contributed by atoms with van der Waals surface area (Å²) in [5.74, 6) is 2.52. The monoisotopic (exact) mass is 392 g/mol. The van der Waals surface area contributed by atoms with Crippen molar-refractivity contribution in [3.05, 3.63) is 54.7 Å². The van der Waals surface area contributed by atoms with E-state index in [2.05, 4.69) is 22.1 Å². The first-order chi connectivity index (χ1) is 14.2. The highest BCUT2D eigenvalue weighted by Crippen LogP contribution is 2.26. The third-order valence-corrected chi connectivity index (χ3v) is 4.99. The molecule has 0 saturated heterocycles. The Bertz CT molecular complexity index is 899. The van der Waals surface area contributed by atoms with Gasteiger partial charge in [-0.05, 0) is 24.5 Å². The highest BCUT2D eigenvalue weighted by Gasteiger charge is 2.07. The maximum atomic E-state index is 11.3. The van der Waals surface area contributed by atoms with Gasteiger partial charge in [0.25, 0.3) is 0 Å². The Balaban J connectivity index is 1.50. The fourth-order valence-electron chi connectivity index (χ4n) is 3.19. The van der Waals surface area contributed by atoms with E-state index in [4.69, 9.17) is 9.15 Å². The molecule has 0 atom stereocenters. The van der Waals surface area contributed by atoms with Crippen LogP contribution in [0.4, 0.5) is 0 Å². The van der Waals surface area contributed by atoms with Crippen LogP contribution in [0.3, 0.4) is 0 Å². The van der Waals surface area contributed by atoms with Gasteiger partial charge in [-0.1, -0.05) is 44.0 Å². The predicted molar refractivity (Wildman–Crippen MR) is 114 cm³/mol. The van der Waals surface area contributed by atoms with Gasteiger partial charge in [0.15, 0.2) is 11.7 Å². The molecule has 152 valence electrons. The van der Waals surface area contributed by atoms with E-state index in [0.29, 0.717) is 24.5 Å². The van der Waals surface area contributed by atoms with Crippen molar-refractivity contribution in [3.63, 3.8) is 0 Å². The maximum Gasteiger partial charge on any atom is 0.212 e. The lowest BCUT2D eigenvalue weighted by Gasteiger charge is -2.04. The Labute approximate surface area is 172 Å². The zero-order valence-electron chi connectivity index (χ0n) is 17.2. The number of rotatable bonds is 11. The van der Waals surface area contributed by atoms with E-state index in [1.54, 1.807) is 19.5 Å². The quantitative estimate of drug-likeness (QED) is 0.381. The standard InChI is InChI=1S/C24H28N2O3/c1-3-21(27)8-6-4-5-7-9-24-26-17-22(29-24)19-12-10-18(11-13-19)20-14-15-23(28-2)25-16-20/h10-17H,3-9H2,1-2H3. The van der Waals surface area contributed by atoms with Crippen LogP contribution in [0.5, 0.6) is 5.88 Å². The number of Topliss-reactive ketones (excluding diaryl/α,β-unsaturated/α-hetero) is 1. The molecule has 5 heteroatoms. The van der Waals surface area contributed by atoms with E-state index in [0.717, 1.165) is 60.4 Å². The van der Waals surface area contributed by atoms with Gasteiger partial charge in [-0.15, -0.1) is 0 Å². The number of carbonyl (C=O) groups is 1. The van der Waals surface area contributed by atoms with Crippen LogP contribution in [-0.4, -0.2) is 22.9 Å². The number of unbranched alkanes of at least 4 members (excludes halogenated alkanes) is 3. The predicted octanol–water partition coefficient (Wildman–Crippen LogP) is 5.88. The molecule has 0 aliphatic carbocycles. The number of ether oxygens (including phenoxy) is 1. The smallest absolute Gasteiger partial charge is 0.212 e. The Kier molecular flexibility index (Phi) is 7.56. The molecule has 0 fully saturated rings. The molecular formula is C24H28N2O3. The molecule has 0 radical (unpaired) electrons. The minimum absolute atomic E-state index is 0.358. The van der Waals surface area contributed by atoms with Crippen molar-refractivity contribution >= 4 is 5.78 Å². The van der Waals surface area contributed by atoms with Gasteiger partial charge in [0.05, 0.1) is 13.3 Å². The average Bonchev–Trinajstić information content (AvgIpc) is 3.25. The molecule has 0 aliphatic heterocycles. The molecule has 2 heterocycles. The van der Waals surface area contributed by atoms with Gasteiger partial charge in [-0.3, -0.25) is 4.79 Å². The summed E-state index contributed by atoms with van der Waals surface area (Å²) in [6.07, 6.45) is 9.98. The first-order valence-corrected chi connectivity index (χ1v) is 10.3. The largest absolute Gasteiger partial charge is 0.481 e. The molecule has 29 heavy (non-hydrogen) atoms. The number of aryl methyl sites for hydroxylation is 1. The fourth-order valence-corrected chi connectivity index (χ4v) is 3.19. The SMILES string of the molecule is CCC(=O)CCCCCCc1ncc(-c2ccc(-c3ccc(OC)nc3)cc2)o1. The number of benzene rings is 1.